The topological polar surface area (TPSA) is 139 Å². The molecule has 0 saturated carbocycles. The van der Waals surface area contributed by atoms with Gasteiger partial charge in [0.15, 0.2) is 17.2 Å². The van der Waals surface area contributed by atoms with E-state index in [0.29, 0.717) is 0 Å². The van der Waals surface area contributed by atoms with E-state index in [-0.39, 0.29) is 56.6 Å². The molecular weight excluding hydrogens is 767 g/mol. The number of pyridine rings is 3. The minimum Gasteiger partial charge on any atom is -0.503 e. The van der Waals surface area contributed by atoms with Crippen LogP contribution in [-0.2, 0) is 56.3 Å². The fraction of sp³-hybridized carbons (Fsp3) is 0.500. The molecule has 3 heterocycles. The van der Waals surface area contributed by atoms with E-state index in [4.69, 9.17) is 0 Å². The molecule has 0 fully saturated rings. The monoisotopic (exact) mass is 812 g/mol. The average Bonchev–Trinajstić information content (AvgIpc) is 2.95. The molecular formula is C30H45F9FeN6O6+2. The summed E-state index contributed by atoms with van der Waals surface area (Å²) in [5.74, 6) is -1.86. The molecule has 0 saturated heterocycles. The molecule has 0 unspecified atom stereocenters. The van der Waals surface area contributed by atoms with Crippen LogP contribution < -0.4 is 26.1 Å². The number of alkyl halides is 9. The third kappa shape index (κ3) is 17.0. The molecule has 0 amide bonds. The van der Waals surface area contributed by atoms with Crippen molar-refractivity contribution in [2.24, 2.45) is 0 Å². The summed E-state index contributed by atoms with van der Waals surface area (Å²) in [6.45, 7) is -3.34. The number of nitrogens with one attached hydrogen (secondary N) is 2. The Balaban J connectivity index is -0.000000703. The van der Waals surface area contributed by atoms with Crippen molar-refractivity contribution < 1.29 is 84.6 Å². The smallest absolute Gasteiger partial charge is 0.406 e. The van der Waals surface area contributed by atoms with Gasteiger partial charge in [0, 0.05) is 63.3 Å². The Morgan fingerprint density at radius 2 is 0.827 bits per heavy atom. The zero-order chi connectivity index (χ0) is 39.6. The van der Waals surface area contributed by atoms with Crippen LogP contribution in [-0.4, -0.2) is 94.7 Å². The molecule has 3 aromatic rings. The molecule has 12 nitrogen and oxygen atoms in total. The molecule has 0 aliphatic rings. The first-order chi connectivity index (χ1) is 23.1. The van der Waals surface area contributed by atoms with Gasteiger partial charge < -0.3 is 43.7 Å². The van der Waals surface area contributed by atoms with Crippen molar-refractivity contribution in [1.82, 2.24) is 18.6 Å². The predicted molar refractivity (Wildman–Crippen MR) is 170 cm³/mol. The van der Waals surface area contributed by atoms with Gasteiger partial charge in [-0.25, -0.2) is 0 Å². The number of hydrogen-bond donors (Lipinski definition) is 5. The molecule has 0 aromatic carbocycles. The van der Waals surface area contributed by atoms with Crippen LogP contribution in [0, 0.1) is 0 Å². The second kappa shape index (κ2) is 19.7. The minimum atomic E-state index is -4.40. The Morgan fingerprint density at radius 3 is 1.06 bits per heavy atom. The number of quaternary nitrogens is 2. The summed E-state index contributed by atoms with van der Waals surface area (Å²) in [6, 6.07) is 2.77. The van der Waals surface area contributed by atoms with Crippen molar-refractivity contribution in [3.63, 3.8) is 0 Å². The van der Waals surface area contributed by atoms with Gasteiger partial charge in [-0.2, -0.15) is 39.5 Å². The Morgan fingerprint density at radius 1 is 0.577 bits per heavy atom. The normalized spacial score (nSPS) is 11.9. The molecule has 52 heavy (non-hydrogen) atoms. The molecule has 0 spiro atoms. The van der Waals surface area contributed by atoms with E-state index < -0.39 is 71.7 Å². The Kier molecular flexibility index (Phi) is 18.2. The number of halogens is 9. The SMILES string of the molecule is CN(C)Cc1c(O)c(=O)ccn1CC(F)(F)F.C[NH+](C)Cc1c(O)c(=O)ccn1CC(F)(F)F.C[NH+](C)Cc1c(O)c(=O)ccn1CC(F)(F)F.[Fe].[HH].[HH]. The van der Waals surface area contributed by atoms with E-state index in [0.717, 1.165) is 60.3 Å². The largest absolute Gasteiger partial charge is 0.503 e. The van der Waals surface area contributed by atoms with Crippen LogP contribution in [0.5, 0.6) is 17.2 Å². The van der Waals surface area contributed by atoms with Gasteiger partial charge in [0.2, 0.25) is 16.3 Å². The molecule has 0 atom stereocenters. The molecule has 22 heteroatoms. The standard InChI is InChI=1S/3C10H13F3N2O2.Fe.2H2/c3*1-14(2)5-7-9(17)8(16)3-4-15(7)6-10(11,12)13;;;/h3*3-4,17H,5-6H2,1-2H3;;2*1H/p+2. The van der Waals surface area contributed by atoms with Crippen LogP contribution in [0.2, 0.25) is 0 Å². The van der Waals surface area contributed by atoms with Crippen LogP contribution in [0.1, 0.15) is 19.9 Å². The Labute approximate surface area is 305 Å². The molecule has 0 radical (unpaired) electrons. The molecule has 0 aliphatic heterocycles. The fourth-order valence-electron chi connectivity index (χ4n) is 4.34. The Hall–Kier alpha value is -3.98. The van der Waals surface area contributed by atoms with Gasteiger partial charge in [0.1, 0.15) is 44.1 Å². The maximum Gasteiger partial charge on any atom is 0.406 e. The summed E-state index contributed by atoms with van der Waals surface area (Å²) < 4.78 is 113. The summed E-state index contributed by atoms with van der Waals surface area (Å²) in [5, 5.41) is 28.5. The number of aromatic hydroxyl groups is 3. The third-order valence-electron chi connectivity index (χ3n) is 6.33. The summed E-state index contributed by atoms with van der Waals surface area (Å²) in [4.78, 5) is 36.7. The van der Waals surface area contributed by atoms with Crippen molar-refractivity contribution in [3.05, 3.63) is 84.5 Å². The third-order valence-corrected chi connectivity index (χ3v) is 6.33. The van der Waals surface area contributed by atoms with Gasteiger partial charge in [-0.05, 0) is 14.1 Å². The quantitative estimate of drug-likeness (QED) is 0.162. The predicted octanol–water partition coefficient (Wildman–Crippen LogP) is 1.19. The average molecular weight is 813 g/mol. The summed E-state index contributed by atoms with van der Waals surface area (Å²) in [7, 11) is 10.1. The van der Waals surface area contributed by atoms with Crippen LogP contribution in [0.4, 0.5) is 39.5 Å². The van der Waals surface area contributed by atoms with E-state index in [9.17, 15) is 69.2 Å². The maximum absolute atomic E-state index is 12.3. The zero-order valence-electron chi connectivity index (χ0n) is 28.8. The number of aromatic nitrogens is 3. The minimum absolute atomic E-state index is 0. The number of hydrogen-bond acceptors (Lipinski definition) is 7. The Bertz CT molecular complexity index is 1580. The molecule has 3 rings (SSSR count). The maximum atomic E-state index is 12.3. The molecule has 300 valence electrons. The molecule has 0 aliphatic carbocycles. The first kappa shape index (κ1) is 48.0. The van der Waals surface area contributed by atoms with Crippen molar-refractivity contribution >= 4 is 0 Å². The van der Waals surface area contributed by atoms with Gasteiger partial charge in [-0.1, -0.05) is 0 Å². The van der Waals surface area contributed by atoms with Crippen molar-refractivity contribution in [2.45, 2.75) is 57.8 Å². The summed E-state index contributed by atoms with van der Waals surface area (Å²) in [6.07, 6.45) is -10.0. The van der Waals surface area contributed by atoms with E-state index >= 15 is 0 Å². The number of rotatable bonds is 9. The molecule has 0 bridgehead atoms. The second-order valence-electron chi connectivity index (χ2n) is 12.2. The van der Waals surface area contributed by atoms with Crippen LogP contribution in [0.25, 0.3) is 0 Å². The van der Waals surface area contributed by atoms with E-state index in [1.54, 1.807) is 47.2 Å². The van der Waals surface area contributed by atoms with Gasteiger partial charge >= 0.3 is 18.5 Å². The van der Waals surface area contributed by atoms with Gasteiger partial charge in [-0.3, -0.25) is 14.4 Å². The fourth-order valence-corrected chi connectivity index (χ4v) is 4.34. The first-order valence-electron chi connectivity index (χ1n) is 14.8. The molecule has 3 aromatic heterocycles. The van der Waals surface area contributed by atoms with E-state index in [1.807, 2.05) is 0 Å². The van der Waals surface area contributed by atoms with Crippen LogP contribution in [0.15, 0.2) is 51.2 Å². The van der Waals surface area contributed by atoms with Gasteiger partial charge in [0.05, 0.1) is 33.9 Å². The molecule has 5 N–H and O–H groups in total. The van der Waals surface area contributed by atoms with Crippen molar-refractivity contribution in [2.75, 3.05) is 42.3 Å². The van der Waals surface area contributed by atoms with Crippen molar-refractivity contribution in [3.8, 4) is 17.2 Å². The van der Waals surface area contributed by atoms with Gasteiger partial charge in [-0.15, -0.1) is 0 Å². The first-order valence-corrected chi connectivity index (χ1v) is 14.8. The zero-order valence-corrected chi connectivity index (χ0v) is 29.9. The number of nitrogens with zero attached hydrogens (tertiary/aromatic N) is 4. The summed E-state index contributed by atoms with van der Waals surface area (Å²) in [5.41, 5.74) is -2.07. The van der Waals surface area contributed by atoms with Gasteiger partial charge in [0.25, 0.3) is 0 Å². The second-order valence-corrected chi connectivity index (χ2v) is 12.2. The summed E-state index contributed by atoms with van der Waals surface area (Å²) >= 11 is 0. The van der Waals surface area contributed by atoms with Crippen LogP contribution >= 0.6 is 0 Å². The van der Waals surface area contributed by atoms with E-state index in [1.165, 1.54) is 0 Å². The van der Waals surface area contributed by atoms with E-state index in [2.05, 4.69) is 0 Å². The van der Waals surface area contributed by atoms with Crippen LogP contribution in [0.3, 0.4) is 0 Å². The van der Waals surface area contributed by atoms with Crippen molar-refractivity contribution in [1.29, 1.82) is 0 Å².